The maximum absolute atomic E-state index is 12.0. The first-order chi connectivity index (χ1) is 8.15. The standard InChI is InChI=1S/C13H18N2OS/c1-4-7-14-9-13(16)15(11(2)3)10-12-6-5-8-17-12/h1,5-6,8,11,14H,7,9-10H2,2-3H3. The molecule has 0 aliphatic carbocycles. The molecule has 0 fully saturated rings. The van der Waals surface area contributed by atoms with Gasteiger partial charge in [0.2, 0.25) is 5.91 Å². The van der Waals surface area contributed by atoms with Gasteiger partial charge in [0.25, 0.3) is 0 Å². The van der Waals surface area contributed by atoms with Crippen LogP contribution < -0.4 is 5.32 Å². The van der Waals surface area contributed by atoms with E-state index in [9.17, 15) is 4.79 Å². The van der Waals surface area contributed by atoms with Crippen molar-refractivity contribution < 1.29 is 4.79 Å². The van der Waals surface area contributed by atoms with Crippen LogP contribution in [0.5, 0.6) is 0 Å². The van der Waals surface area contributed by atoms with Gasteiger partial charge < -0.3 is 4.90 Å². The summed E-state index contributed by atoms with van der Waals surface area (Å²) in [6.07, 6.45) is 5.12. The second kappa shape index (κ2) is 7.10. The van der Waals surface area contributed by atoms with Gasteiger partial charge >= 0.3 is 0 Å². The summed E-state index contributed by atoms with van der Waals surface area (Å²) in [4.78, 5) is 15.0. The molecule has 0 aliphatic rings. The lowest BCUT2D eigenvalue weighted by Gasteiger charge is -2.26. The average molecular weight is 250 g/mol. The Bertz CT molecular complexity index is 379. The second-order valence-electron chi connectivity index (χ2n) is 4.00. The molecule has 0 bridgehead atoms. The zero-order valence-corrected chi connectivity index (χ0v) is 11.1. The van der Waals surface area contributed by atoms with Crippen molar-refractivity contribution in [2.45, 2.75) is 26.4 Å². The molecule has 17 heavy (non-hydrogen) atoms. The van der Waals surface area contributed by atoms with E-state index in [1.54, 1.807) is 11.3 Å². The second-order valence-corrected chi connectivity index (χ2v) is 5.03. The molecule has 4 heteroatoms. The van der Waals surface area contributed by atoms with Gasteiger partial charge in [-0.15, -0.1) is 17.8 Å². The zero-order valence-electron chi connectivity index (χ0n) is 10.3. The highest BCUT2D eigenvalue weighted by Gasteiger charge is 2.16. The largest absolute Gasteiger partial charge is 0.334 e. The van der Waals surface area contributed by atoms with Gasteiger partial charge in [0.05, 0.1) is 19.6 Å². The summed E-state index contributed by atoms with van der Waals surface area (Å²) in [5.41, 5.74) is 0. The average Bonchev–Trinajstić information content (AvgIpc) is 2.78. The summed E-state index contributed by atoms with van der Waals surface area (Å²) in [6.45, 7) is 5.44. The lowest BCUT2D eigenvalue weighted by atomic mass is 10.3. The Kier molecular flexibility index (Phi) is 5.75. The molecule has 1 aromatic rings. The highest BCUT2D eigenvalue weighted by atomic mass is 32.1. The fourth-order valence-corrected chi connectivity index (χ4v) is 2.17. The predicted octanol–water partition coefficient (Wildman–Crippen LogP) is 1.71. The molecule has 92 valence electrons. The third kappa shape index (κ3) is 4.59. The number of rotatable bonds is 6. The van der Waals surface area contributed by atoms with Gasteiger partial charge in [0.1, 0.15) is 0 Å². The number of nitrogens with zero attached hydrogens (tertiary/aromatic N) is 1. The van der Waals surface area contributed by atoms with Crippen LogP contribution in [0.1, 0.15) is 18.7 Å². The Labute approximate surface area is 107 Å². The van der Waals surface area contributed by atoms with E-state index in [1.807, 2.05) is 36.3 Å². The molecule has 0 atom stereocenters. The summed E-state index contributed by atoms with van der Waals surface area (Å²) in [5, 5.41) is 4.95. The van der Waals surface area contributed by atoms with Crippen molar-refractivity contribution in [3.05, 3.63) is 22.4 Å². The SMILES string of the molecule is C#CCNCC(=O)N(Cc1cccs1)C(C)C. The summed E-state index contributed by atoms with van der Waals surface area (Å²) >= 11 is 1.67. The van der Waals surface area contributed by atoms with Crippen LogP contribution in [0.25, 0.3) is 0 Å². The molecule has 0 saturated carbocycles. The van der Waals surface area contributed by atoms with Crippen molar-refractivity contribution >= 4 is 17.2 Å². The highest BCUT2D eigenvalue weighted by Crippen LogP contribution is 2.13. The molecule has 1 N–H and O–H groups in total. The molecule has 0 aliphatic heterocycles. The predicted molar refractivity (Wildman–Crippen MR) is 71.7 cm³/mol. The van der Waals surface area contributed by atoms with Crippen LogP contribution in [0.3, 0.4) is 0 Å². The summed E-state index contributed by atoms with van der Waals surface area (Å²) in [6, 6.07) is 4.24. The van der Waals surface area contributed by atoms with Crippen LogP contribution in [0.4, 0.5) is 0 Å². The monoisotopic (exact) mass is 250 g/mol. The Morgan fingerprint density at radius 1 is 1.65 bits per heavy atom. The van der Waals surface area contributed by atoms with Crippen LogP contribution in [-0.2, 0) is 11.3 Å². The Hall–Kier alpha value is -1.31. The van der Waals surface area contributed by atoms with Crippen molar-refractivity contribution in [2.24, 2.45) is 0 Å². The number of carbonyl (C=O) groups is 1. The Morgan fingerprint density at radius 3 is 2.94 bits per heavy atom. The number of hydrogen-bond acceptors (Lipinski definition) is 3. The number of amides is 1. The summed E-state index contributed by atoms with van der Waals surface area (Å²) in [5.74, 6) is 2.54. The van der Waals surface area contributed by atoms with E-state index in [4.69, 9.17) is 6.42 Å². The van der Waals surface area contributed by atoms with E-state index >= 15 is 0 Å². The fraction of sp³-hybridized carbons (Fsp3) is 0.462. The number of thiophene rings is 1. The normalized spacial score (nSPS) is 10.2. The molecule has 3 nitrogen and oxygen atoms in total. The summed E-state index contributed by atoms with van der Waals surface area (Å²) < 4.78 is 0. The minimum atomic E-state index is 0.0867. The molecular weight excluding hydrogens is 232 g/mol. The molecule has 0 aromatic carbocycles. The van der Waals surface area contributed by atoms with E-state index in [-0.39, 0.29) is 11.9 Å². The van der Waals surface area contributed by atoms with E-state index in [2.05, 4.69) is 11.2 Å². The minimum absolute atomic E-state index is 0.0867. The van der Waals surface area contributed by atoms with Gasteiger partial charge in [-0.3, -0.25) is 10.1 Å². The third-order valence-electron chi connectivity index (χ3n) is 2.35. The van der Waals surface area contributed by atoms with Crippen molar-refractivity contribution in [3.8, 4) is 12.3 Å². The molecule has 0 spiro atoms. The topological polar surface area (TPSA) is 32.3 Å². The van der Waals surface area contributed by atoms with Gasteiger partial charge in [-0.05, 0) is 25.3 Å². The first-order valence-corrected chi connectivity index (χ1v) is 6.49. The Morgan fingerprint density at radius 2 is 2.41 bits per heavy atom. The van der Waals surface area contributed by atoms with E-state index in [1.165, 1.54) is 4.88 Å². The molecule has 0 unspecified atom stereocenters. The van der Waals surface area contributed by atoms with Crippen LogP contribution in [0, 0.1) is 12.3 Å². The first-order valence-electron chi connectivity index (χ1n) is 5.61. The lowest BCUT2D eigenvalue weighted by Crippen LogP contribution is -2.41. The third-order valence-corrected chi connectivity index (χ3v) is 3.21. The molecule has 1 aromatic heterocycles. The first kappa shape index (κ1) is 13.8. The molecule has 1 amide bonds. The quantitative estimate of drug-likeness (QED) is 0.616. The zero-order chi connectivity index (χ0) is 12.7. The maximum Gasteiger partial charge on any atom is 0.237 e. The molecular formula is C13H18N2OS. The van der Waals surface area contributed by atoms with Crippen LogP contribution in [-0.4, -0.2) is 29.9 Å². The van der Waals surface area contributed by atoms with Gasteiger partial charge in [0, 0.05) is 10.9 Å². The highest BCUT2D eigenvalue weighted by molar-refractivity contribution is 7.09. The maximum atomic E-state index is 12.0. The number of carbonyl (C=O) groups excluding carboxylic acids is 1. The van der Waals surface area contributed by atoms with Crippen LogP contribution in [0.2, 0.25) is 0 Å². The molecule has 1 heterocycles. The van der Waals surface area contributed by atoms with Gasteiger partial charge in [-0.2, -0.15) is 0 Å². The smallest absolute Gasteiger partial charge is 0.237 e. The van der Waals surface area contributed by atoms with Gasteiger partial charge in [-0.1, -0.05) is 12.0 Å². The van der Waals surface area contributed by atoms with Crippen molar-refractivity contribution in [2.75, 3.05) is 13.1 Å². The van der Waals surface area contributed by atoms with Crippen molar-refractivity contribution in [3.63, 3.8) is 0 Å². The van der Waals surface area contributed by atoms with Crippen molar-refractivity contribution in [1.29, 1.82) is 0 Å². The van der Waals surface area contributed by atoms with E-state index < -0.39 is 0 Å². The van der Waals surface area contributed by atoms with E-state index in [0.29, 0.717) is 19.6 Å². The fourth-order valence-electron chi connectivity index (χ4n) is 1.47. The Balaban J connectivity index is 2.54. The molecule has 0 radical (unpaired) electrons. The molecule has 1 rings (SSSR count). The van der Waals surface area contributed by atoms with Crippen molar-refractivity contribution in [1.82, 2.24) is 10.2 Å². The van der Waals surface area contributed by atoms with Crippen LogP contribution in [0.15, 0.2) is 17.5 Å². The number of nitrogens with one attached hydrogen (secondary N) is 1. The number of hydrogen-bond donors (Lipinski definition) is 1. The van der Waals surface area contributed by atoms with Gasteiger partial charge in [0.15, 0.2) is 0 Å². The number of terminal acetylenes is 1. The lowest BCUT2D eigenvalue weighted by molar-refractivity contribution is -0.132. The van der Waals surface area contributed by atoms with E-state index in [0.717, 1.165) is 0 Å². The van der Waals surface area contributed by atoms with Crippen LogP contribution >= 0.6 is 11.3 Å². The van der Waals surface area contributed by atoms with Gasteiger partial charge in [-0.25, -0.2) is 0 Å². The summed E-state index contributed by atoms with van der Waals surface area (Å²) in [7, 11) is 0. The minimum Gasteiger partial charge on any atom is -0.334 e. The molecule has 0 saturated heterocycles.